The minimum Gasteiger partial charge on any atom is -0.550 e. The summed E-state index contributed by atoms with van der Waals surface area (Å²) >= 11 is 11.8. The van der Waals surface area contributed by atoms with Crippen molar-refractivity contribution in [1.82, 2.24) is 0 Å². The molecular formula is C14H12Cl2NO3-. The Hall–Kier alpha value is -1.52. The Kier molecular flexibility index (Phi) is 4.68. The van der Waals surface area contributed by atoms with E-state index in [2.05, 4.69) is 5.32 Å². The third kappa shape index (κ3) is 3.32. The highest BCUT2D eigenvalue weighted by atomic mass is 35.5. The predicted molar refractivity (Wildman–Crippen MR) is 75.5 cm³/mol. The summed E-state index contributed by atoms with van der Waals surface area (Å²) in [4.78, 5) is 23.3. The highest BCUT2D eigenvalue weighted by Gasteiger charge is 2.30. The SMILES string of the molecule is O=C([O-])[C@H]1CC=CC[C@H]1C(=O)Nc1cc(Cl)ccc1Cl. The largest absolute Gasteiger partial charge is 0.550 e. The summed E-state index contributed by atoms with van der Waals surface area (Å²) in [6, 6.07) is 4.69. The van der Waals surface area contributed by atoms with Gasteiger partial charge in [-0.05, 0) is 31.0 Å². The Bertz CT molecular complexity index is 572. The van der Waals surface area contributed by atoms with Crippen molar-refractivity contribution in [3.8, 4) is 0 Å². The Morgan fingerprint density at radius 2 is 1.80 bits per heavy atom. The number of hydrogen-bond acceptors (Lipinski definition) is 3. The number of anilines is 1. The number of carbonyl (C=O) groups excluding carboxylic acids is 2. The molecule has 1 aliphatic rings. The van der Waals surface area contributed by atoms with E-state index < -0.39 is 23.7 Å². The molecule has 20 heavy (non-hydrogen) atoms. The molecule has 0 fully saturated rings. The van der Waals surface area contributed by atoms with Gasteiger partial charge in [0.25, 0.3) is 0 Å². The number of allylic oxidation sites excluding steroid dienone is 2. The Labute approximate surface area is 126 Å². The van der Waals surface area contributed by atoms with Gasteiger partial charge in [-0.1, -0.05) is 35.4 Å². The molecule has 1 amide bonds. The van der Waals surface area contributed by atoms with Crippen LogP contribution in [0.1, 0.15) is 12.8 Å². The molecule has 0 aromatic heterocycles. The van der Waals surface area contributed by atoms with Gasteiger partial charge in [0.2, 0.25) is 5.91 Å². The molecule has 6 heteroatoms. The van der Waals surface area contributed by atoms with Crippen molar-refractivity contribution in [2.45, 2.75) is 12.8 Å². The van der Waals surface area contributed by atoms with Crippen LogP contribution in [0.25, 0.3) is 0 Å². The number of nitrogens with one attached hydrogen (secondary N) is 1. The Morgan fingerprint density at radius 3 is 2.45 bits per heavy atom. The maximum atomic E-state index is 12.2. The van der Waals surface area contributed by atoms with E-state index in [1.54, 1.807) is 24.3 Å². The number of amides is 1. The van der Waals surface area contributed by atoms with Crippen LogP contribution in [0.4, 0.5) is 5.69 Å². The monoisotopic (exact) mass is 312 g/mol. The molecule has 0 spiro atoms. The van der Waals surface area contributed by atoms with Gasteiger partial charge in [0.1, 0.15) is 0 Å². The lowest BCUT2D eigenvalue weighted by Gasteiger charge is -2.28. The first-order chi connectivity index (χ1) is 9.49. The molecule has 1 aromatic rings. The summed E-state index contributed by atoms with van der Waals surface area (Å²) in [5.74, 6) is -3.10. The summed E-state index contributed by atoms with van der Waals surface area (Å²) in [5, 5.41) is 14.5. The molecule has 0 heterocycles. The lowest BCUT2D eigenvalue weighted by Crippen LogP contribution is -2.41. The second-order valence-corrected chi connectivity index (χ2v) is 5.43. The van der Waals surface area contributed by atoms with Gasteiger partial charge in [0, 0.05) is 16.9 Å². The lowest BCUT2D eigenvalue weighted by atomic mass is 9.82. The molecule has 0 aliphatic heterocycles. The summed E-state index contributed by atoms with van der Waals surface area (Å²) in [6.45, 7) is 0. The fourth-order valence-corrected chi connectivity index (χ4v) is 2.52. The number of halogens is 2. The van der Waals surface area contributed by atoms with Crippen molar-refractivity contribution >= 4 is 40.8 Å². The zero-order valence-corrected chi connectivity index (χ0v) is 11.9. The van der Waals surface area contributed by atoms with E-state index in [4.69, 9.17) is 23.2 Å². The minimum absolute atomic E-state index is 0.295. The first kappa shape index (κ1) is 14.9. The third-order valence-electron chi connectivity index (χ3n) is 3.26. The van der Waals surface area contributed by atoms with Crippen LogP contribution in [0.5, 0.6) is 0 Å². The summed E-state index contributed by atoms with van der Waals surface area (Å²) in [5.41, 5.74) is 0.371. The Morgan fingerprint density at radius 1 is 1.15 bits per heavy atom. The smallest absolute Gasteiger partial charge is 0.228 e. The van der Waals surface area contributed by atoms with Gasteiger partial charge in [-0.25, -0.2) is 0 Å². The van der Waals surface area contributed by atoms with E-state index in [-0.39, 0.29) is 0 Å². The number of carboxylic acid groups (broad SMARTS) is 1. The number of hydrogen-bond donors (Lipinski definition) is 1. The molecule has 0 unspecified atom stereocenters. The summed E-state index contributed by atoms with van der Waals surface area (Å²) in [7, 11) is 0. The topological polar surface area (TPSA) is 69.2 Å². The fraction of sp³-hybridized carbons (Fsp3) is 0.286. The first-order valence-corrected chi connectivity index (χ1v) is 6.86. The van der Waals surface area contributed by atoms with Crippen molar-refractivity contribution in [2.75, 3.05) is 5.32 Å². The van der Waals surface area contributed by atoms with Crippen molar-refractivity contribution in [1.29, 1.82) is 0 Å². The quantitative estimate of drug-likeness (QED) is 0.870. The average molecular weight is 313 g/mol. The standard InChI is InChI=1S/C14H13Cl2NO3/c15-8-5-6-11(16)12(7-8)17-13(18)9-3-1-2-4-10(9)14(19)20/h1-2,5-7,9-10H,3-4H2,(H,17,18)(H,19,20)/p-1/t9-,10+/m1/s1. The number of rotatable bonds is 3. The van der Waals surface area contributed by atoms with Crippen LogP contribution in [0.15, 0.2) is 30.4 Å². The molecule has 106 valence electrons. The number of carboxylic acids is 1. The van der Waals surface area contributed by atoms with Gasteiger partial charge < -0.3 is 15.2 Å². The van der Waals surface area contributed by atoms with Crippen LogP contribution in [0.3, 0.4) is 0 Å². The molecule has 1 aliphatic carbocycles. The van der Waals surface area contributed by atoms with E-state index >= 15 is 0 Å². The molecule has 0 saturated carbocycles. The van der Waals surface area contributed by atoms with E-state index in [1.807, 2.05) is 0 Å². The maximum absolute atomic E-state index is 12.2. The lowest BCUT2D eigenvalue weighted by molar-refractivity contribution is -0.313. The Balaban J connectivity index is 2.16. The molecule has 2 rings (SSSR count). The maximum Gasteiger partial charge on any atom is 0.228 e. The number of benzene rings is 1. The van der Waals surface area contributed by atoms with Crippen LogP contribution >= 0.6 is 23.2 Å². The van der Waals surface area contributed by atoms with Gasteiger partial charge >= 0.3 is 0 Å². The van der Waals surface area contributed by atoms with E-state index in [9.17, 15) is 14.7 Å². The fourth-order valence-electron chi connectivity index (χ4n) is 2.18. The van der Waals surface area contributed by atoms with Crippen molar-refractivity contribution in [2.24, 2.45) is 11.8 Å². The molecule has 2 atom stereocenters. The minimum atomic E-state index is -1.22. The zero-order chi connectivity index (χ0) is 14.7. The normalized spacial score (nSPS) is 21.5. The van der Waals surface area contributed by atoms with E-state index in [1.165, 1.54) is 6.07 Å². The predicted octanol–water partition coefficient (Wildman–Crippen LogP) is 2.26. The van der Waals surface area contributed by atoms with Gasteiger partial charge in [0.05, 0.1) is 16.6 Å². The molecule has 4 nitrogen and oxygen atoms in total. The van der Waals surface area contributed by atoms with Gasteiger partial charge in [-0.15, -0.1) is 0 Å². The van der Waals surface area contributed by atoms with Crippen molar-refractivity contribution < 1.29 is 14.7 Å². The molecular weight excluding hydrogens is 301 g/mol. The van der Waals surface area contributed by atoms with Gasteiger partial charge in [-0.2, -0.15) is 0 Å². The third-order valence-corrected chi connectivity index (χ3v) is 3.82. The number of aliphatic carboxylic acids is 1. The van der Waals surface area contributed by atoms with Crippen molar-refractivity contribution in [3.05, 3.63) is 40.4 Å². The summed E-state index contributed by atoms with van der Waals surface area (Å²) in [6.07, 6.45) is 4.20. The van der Waals surface area contributed by atoms with E-state index in [0.29, 0.717) is 28.6 Å². The highest BCUT2D eigenvalue weighted by Crippen LogP contribution is 2.29. The van der Waals surface area contributed by atoms with Gasteiger partial charge in [-0.3, -0.25) is 4.79 Å². The average Bonchev–Trinajstić information content (AvgIpc) is 2.42. The zero-order valence-electron chi connectivity index (χ0n) is 10.4. The molecule has 0 radical (unpaired) electrons. The number of carbonyl (C=O) groups is 2. The van der Waals surface area contributed by atoms with E-state index in [0.717, 1.165) is 0 Å². The summed E-state index contributed by atoms with van der Waals surface area (Å²) < 4.78 is 0. The molecule has 0 bridgehead atoms. The first-order valence-electron chi connectivity index (χ1n) is 6.11. The van der Waals surface area contributed by atoms with Crippen LogP contribution in [0.2, 0.25) is 10.0 Å². The van der Waals surface area contributed by atoms with Crippen LogP contribution in [-0.2, 0) is 9.59 Å². The molecule has 0 saturated heterocycles. The molecule has 1 N–H and O–H groups in total. The van der Waals surface area contributed by atoms with Gasteiger partial charge in [0.15, 0.2) is 0 Å². The van der Waals surface area contributed by atoms with Crippen LogP contribution in [-0.4, -0.2) is 11.9 Å². The van der Waals surface area contributed by atoms with Crippen LogP contribution < -0.4 is 10.4 Å². The second-order valence-electron chi connectivity index (χ2n) is 4.59. The van der Waals surface area contributed by atoms with Crippen LogP contribution in [0, 0.1) is 11.8 Å². The second kappa shape index (κ2) is 6.29. The van der Waals surface area contributed by atoms with Crippen molar-refractivity contribution in [3.63, 3.8) is 0 Å². The highest BCUT2D eigenvalue weighted by molar-refractivity contribution is 6.35. The molecule has 1 aromatic carbocycles.